The van der Waals surface area contributed by atoms with Gasteiger partial charge in [-0.3, -0.25) is 14.4 Å². The van der Waals surface area contributed by atoms with Crippen molar-refractivity contribution in [2.24, 2.45) is 12.5 Å². The molecule has 1 spiro atoms. The summed E-state index contributed by atoms with van der Waals surface area (Å²) in [6.45, 7) is 5.19. The Morgan fingerprint density at radius 2 is 2.08 bits per heavy atom. The van der Waals surface area contributed by atoms with E-state index in [1.807, 2.05) is 11.9 Å². The molecule has 3 heterocycles. The average Bonchev–Trinajstić information content (AvgIpc) is 3.18. The lowest BCUT2D eigenvalue weighted by molar-refractivity contribution is 0.0572. The van der Waals surface area contributed by atoms with Crippen LogP contribution in [0, 0.1) is 5.41 Å². The SMILES string of the molecule is COCCN1CC2(CCN(C(=O)c3ccnn3C)CC2)CC1COC. The maximum Gasteiger partial charge on any atom is 0.272 e. The van der Waals surface area contributed by atoms with Gasteiger partial charge in [0.2, 0.25) is 0 Å². The standard InChI is InChI=1S/C18H30N4O3/c1-20-16(4-7-19-20)17(23)21-8-5-18(6-9-21)12-15(13-25-3)22(14-18)10-11-24-2/h4,7,15H,5-6,8-14H2,1-3H3. The topological polar surface area (TPSA) is 59.8 Å². The Bertz CT molecular complexity index is 581. The molecule has 7 heteroatoms. The molecular weight excluding hydrogens is 320 g/mol. The number of aromatic nitrogens is 2. The van der Waals surface area contributed by atoms with E-state index in [1.54, 1.807) is 31.2 Å². The van der Waals surface area contributed by atoms with Gasteiger partial charge in [0.1, 0.15) is 5.69 Å². The Morgan fingerprint density at radius 1 is 1.32 bits per heavy atom. The summed E-state index contributed by atoms with van der Waals surface area (Å²) in [5.74, 6) is 0.0949. The monoisotopic (exact) mass is 350 g/mol. The van der Waals surface area contributed by atoms with Crippen molar-refractivity contribution < 1.29 is 14.3 Å². The summed E-state index contributed by atoms with van der Waals surface area (Å²) < 4.78 is 12.4. The van der Waals surface area contributed by atoms with Crippen molar-refractivity contribution in [3.8, 4) is 0 Å². The highest BCUT2D eigenvalue weighted by Gasteiger charge is 2.45. The number of methoxy groups -OCH3 is 2. The van der Waals surface area contributed by atoms with Crippen molar-refractivity contribution in [3.05, 3.63) is 18.0 Å². The van der Waals surface area contributed by atoms with Gasteiger partial charge in [-0.25, -0.2) is 0 Å². The van der Waals surface area contributed by atoms with Gasteiger partial charge in [-0.05, 0) is 30.7 Å². The van der Waals surface area contributed by atoms with Crippen LogP contribution in [-0.2, 0) is 16.5 Å². The Balaban J connectivity index is 1.60. The van der Waals surface area contributed by atoms with Gasteiger partial charge in [0.15, 0.2) is 0 Å². The zero-order valence-corrected chi connectivity index (χ0v) is 15.6. The van der Waals surface area contributed by atoms with Gasteiger partial charge < -0.3 is 14.4 Å². The summed E-state index contributed by atoms with van der Waals surface area (Å²) in [5.41, 5.74) is 0.974. The number of carbonyl (C=O) groups excluding carboxylic acids is 1. The molecule has 0 bridgehead atoms. The predicted molar refractivity (Wildman–Crippen MR) is 94.5 cm³/mol. The number of ether oxygens (including phenoxy) is 2. The Hall–Kier alpha value is -1.44. The van der Waals surface area contributed by atoms with E-state index in [9.17, 15) is 4.79 Å². The van der Waals surface area contributed by atoms with Crippen LogP contribution < -0.4 is 0 Å². The van der Waals surface area contributed by atoms with Gasteiger partial charge in [-0.2, -0.15) is 5.10 Å². The van der Waals surface area contributed by atoms with Gasteiger partial charge in [0.25, 0.3) is 5.91 Å². The van der Waals surface area contributed by atoms with Crippen LogP contribution in [-0.4, -0.2) is 85.1 Å². The van der Waals surface area contributed by atoms with E-state index >= 15 is 0 Å². The first-order valence-electron chi connectivity index (χ1n) is 9.08. The number of carbonyl (C=O) groups is 1. The van der Waals surface area contributed by atoms with Crippen LogP contribution in [0.4, 0.5) is 0 Å². The number of amides is 1. The highest BCUT2D eigenvalue weighted by Crippen LogP contribution is 2.43. The highest BCUT2D eigenvalue weighted by molar-refractivity contribution is 5.92. The van der Waals surface area contributed by atoms with Gasteiger partial charge in [0.05, 0.1) is 13.2 Å². The third-order valence-electron chi connectivity index (χ3n) is 5.82. The molecule has 3 rings (SSSR count). The molecule has 2 fully saturated rings. The second-order valence-corrected chi connectivity index (χ2v) is 7.41. The van der Waals surface area contributed by atoms with Crippen LogP contribution in [0.5, 0.6) is 0 Å². The molecule has 1 atom stereocenters. The minimum Gasteiger partial charge on any atom is -0.383 e. The molecule has 1 amide bonds. The molecule has 2 saturated heterocycles. The van der Waals surface area contributed by atoms with Crippen molar-refractivity contribution in [3.63, 3.8) is 0 Å². The zero-order valence-electron chi connectivity index (χ0n) is 15.6. The number of rotatable bonds is 6. The minimum atomic E-state index is 0.0949. The lowest BCUT2D eigenvalue weighted by atomic mass is 9.76. The van der Waals surface area contributed by atoms with Gasteiger partial charge >= 0.3 is 0 Å². The second-order valence-electron chi connectivity index (χ2n) is 7.41. The minimum absolute atomic E-state index is 0.0949. The lowest BCUT2D eigenvalue weighted by Gasteiger charge is -2.39. The van der Waals surface area contributed by atoms with Crippen LogP contribution in [0.25, 0.3) is 0 Å². The van der Waals surface area contributed by atoms with Crippen LogP contribution in [0.3, 0.4) is 0 Å². The summed E-state index contributed by atoms with van der Waals surface area (Å²) in [5, 5.41) is 4.11. The number of piperidine rings is 1. The van der Waals surface area contributed by atoms with Crippen molar-refractivity contribution in [2.75, 3.05) is 53.6 Å². The van der Waals surface area contributed by atoms with E-state index < -0.39 is 0 Å². The Labute approximate surface area is 149 Å². The molecule has 0 radical (unpaired) electrons. The first-order chi connectivity index (χ1) is 12.1. The van der Waals surface area contributed by atoms with Crippen LogP contribution in [0.1, 0.15) is 29.8 Å². The molecule has 25 heavy (non-hydrogen) atoms. The van der Waals surface area contributed by atoms with Gasteiger partial charge in [0, 0.05) is 59.7 Å². The maximum absolute atomic E-state index is 12.7. The summed E-state index contributed by atoms with van der Waals surface area (Å²) in [4.78, 5) is 17.2. The summed E-state index contributed by atoms with van der Waals surface area (Å²) >= 11 is 0. The van der Waals surface area contributed by atoms with Gasteiger partial charge in [-0.15, -0.1) is 0 Å². The molecule has 1 aromatic rings. The number of nitrogens with zero attached hydrogens (tertiary/aromatic N) is 4. The molecule has 0 saturated carbocycles. The van der Waals surface area contributed by atoms with E-state index in [-0.39, 0.29) is 5.91 Å². The molecule has 2 aliphatic rings. The molecule has 140 valence electrons. The molecular formula is C18H30N4O3. The van der Waals surface area contributed by atoms with E-state index in [0.717, 1.165) is 58.7 Å². The third-order valence-corrected chi connectivity index (χ3v) is 5.82. The van der Waals surface area contributed by atoms with Gasteiger partial charge in [-0.1, -0.05) is 0 Å². The predicted octanol–water partition coefficient (Wildman–Crippen LogP) is 1.01. The molecule has 2 aliphatic heterocycles. The van der Waals surface area contributed by atoms with Crippen LogP contribution >= 0.6 is 0 Å². The maximum atomic E-state index is 12.7. The second kappa shape index (κ2) is 7.85. The van der Waals surface area contributed by atoms with Crippen molar-refractivity contribution in [2.45, 2.75) is 25.3 Å². The first-order valence-corrected chi connectivity index (χ1v) is 9.08. The number of aryl methyl sites for hydroxylation is 1. The Morgan fingerprint density at radius 3 is 2.68 bits per heavy atom. The van der Waals surface area contributed by atoms with Crippen molar-refractivity contribution in [1.82, 2.24) is 19.6 Å². The number of likely N-dealkylation sites (tertiary alicyclic amines) is 2. The molecule has 1 aromatic heterocycles. The lowest BCUT2D eigenvalue weighted by Crippen LogP contribution is -2.44. The highest BCUT2D eigenvalue weighted by atomic mass is 16.5. The fraction of sp³-hybridized carbons (Fsp3) is 0.778. The summed E-state index contributed by atoms with van der Waals surface area (Å²) in [6.07, 6.45) is 4.94. The zero-order chi connectivity index (χ0) is 17.9. The smallest absolute Gasteiger partial charge is 0.272 e. The van der Waals surface area contributed by atoms with E-state index in [0.29, 0.717) is 17.2 Å². The first kappa shape index (κ1) is 18.4. The molecule has 0 N–H and O–H groups in total. The third kappa shape index (κ3) is 3.88. The number of hydrogen-bond donors (Lipinski definition) is 0. The van der Waals surface area contributed by atoms with E-state index in [1.165, 1.54) is 0 Å². The summed E-state index contributed by atoms with van der Waals surface area (Å²) in [6, 6.07) is 2.25. The van der Waals surface area contributed by atoms with E-state index in [4.69, 9.17) is 9.47 Å². The van der Waals surface area contributed by atoms with Crippen molar-refractivity contribution in [1.29, 1.82) is 0 Å². The fourth-order valence-electron chi connectivity index (χ4n) is 4.37. The molecule has 7 nitrogen and oxygen atoms in total. The fourth-order valence-corrected chi connectivity index (χ4v) is 4.37. The van der Waals surface area contributed by atoms with Crippen molar-refractivity contribution >= 4 is 5.91 Å². The quantitative estimate of drug-likeness (QED) is 0.766. The average molecular weight is 350 g/mol. The van der Waals surface area contributed by atoms with E-state index in [2.05, 4.69) is 10.00 Å². The number of hydrogen-bond acceptors (Lipinski definition) is 5. The normalized spacial score (nSPS) is 23.5. The molecule has 0 aromatic carbocycles. The molecule has 1 unspecified atom stereocenters. The van der Waals surface area contributed by atoms with Crippen LogP contribution in [0.2, 0.25) is 0 Å². The molecule has 0 aliphatic carbocycles. The largest absolute Gasteiger partial charge is 0.383 e. The van der Waals surface area contributed by atoms with Crippen LogP contribution in [0.15, 0.2) is 12.3 Å². The summed E-state index contributed by atoms with van der Waals surface area (Å²) in [7, 11) is 5.34. The Kier molecular flexibility index (Phi) is 5.76.